The fourth-order valence-corrected chi connectivity index (χ4v) is 7.72. The molecule has 2 amide bonds. The second kappa shape index (κ2) is 17.2. The van der Waals surface area contributed by atoms with Crippen LogP contribution in [0.25, 0.3) is 0 Å². The van der Waals surface area contributed by atoms with E-state index in [0.29, 0.717) is 23.8 Å². The fraction of sp³-hybridized carbons (Fsp3) is 0.350. The highest BCUT2D eigenvalue weighted by Gasteiger charge is 2.35. The molecule has 0 spiro atoms. The lowest BCUT2D eigenvalue weighted by molar-refractivity contribution is -0.140. The molecule has 0 heterocycles. The molecule has 4 aromatic rings. The Morgan fingerprint density at radius 3 is 2.18 bits per heavy atom. The summed E-state index contributed by atoms with van der Waals surface area (Å²) >= 11 is 0. The second-order valence-corrected chi connectivity index (χ2v) is 14.5. The number of carbonyl (C=O) groups excluding carboxylic acids is 2. The number of ether oxygens (including phenoxy) is 2. The maximum absolute atomic E-state index is 14.8. The molecule has 1 aliphatic rings. The molecule has 1 saturated carbocycles. The molecule has 1 atom stereocenters. The number of aryl methyl sites for hydroxylation is 1. The highest BCUT2D eigenvalue weighted by atomic mass is 32.2. The Balaban J connectivity index is 1.56. The van der Waals surface area contributed by atoms with E-state index in [4.69, 9.17) is 9.47 Å². The third-order valence-corrected chi connectivity index (χ3v) is 10.8. The maximum Gasteiger partial charge on any atom is 0.264 e. The van der Waals surface area contributed by atoms with Crippen molar-refractivity contribution in [3.63, 3.8) is 0 Å². The first-order valence-electron chi connectivity index (χ1n) is 17.3. The van der Waals surface area contributed by atoms with Crippen LogP contribution in [-0.4, -0.2) is 57.5 Å². The molecule has 0 aliphatic heterocycles. The van der Waals surface area contributed by atoms with Gasteiger partial charge in [-0.05, 0) is 86.3 Å². The summed E-state index contributed by atoms with van der Waals surface area (Å²) in [7, 11) is -2.66. The molecule has 1 fully saturated rings. The van der Waals surface area contributed by atoms with Crippen molar-refractivity contribution in [1.82, 2.24) is 10.2 Å². The minimum Gasteiger partial charge on any atom is -0.497 e. The molecule has 0 saturated heterocycles. The van der Waals surface area contributed by atoms with Gasteiger partial charge in [0.25, 0.3) is 10.0 Å². The Morgan fingerprint density at radius 2 is 1.52 bits per heavy atom. The average Bonchev–Trinajstić information content (AvgIpc) is 3.13. The van der Waals surface area contributed by atoms with Crippen LogP contribution in [0.5, 0.6) is 11.5 Å². The van der Waals surface area contributed by atoms with Gasteiger partial charge in [0.2, 0.25) is 11.8 Å². The lowest BCUT2D eigenvalue weighted by Gasteiger charge is -2.35. The number of sulfonamides is 1. The van der Waals surface area contributed by atoms with Gasteiger partial charge >= 0.3 is 0 Å². The lowest BCUT2D eigenvalue weighted by Crippen LogP contribution is -2.55. The van der Waals surface area contributed by atoms with Crippen molar-refractivity contribution in [2.24, 2.45) is 0 Å². The molecule has 0 aromatic heterocycles. The second-order valence-electron chi connectivity index (χ2n) is 12.7. The number of carbonyl (C=O) groups is 2. The van der Waals surface area contributed by atoms with Gasteiger partial charge in [0.15, 0.2) is 0 Å². The van der Waals surface area contributed by atoms with Crippen LogP contribution in [-0.2, 0) is 32.6 Å². The number of benzene rings is 4. The minimum absolute atomic E-state index is 0.0181. The first-order valence-corrected chi connectivity index (χ1v) is 18.7. The monoisotopic (exact) mass is 697 g/mol. The van der Waals surface area contributed by atoms with E-state index in [2.05, 4.69) is 5.32 Å². The number of amides is 2. The van der Waals surface area contributed by atoms with Crippen molar-refractivity contribution in [1.29, 1.82) is 0 Å². The smallest absolute Gasteiger partial charge is 0.264 e. The standard InChI is InChI=1S/C40H47N3O6S/c1-4-49-35-22-24-37(25-23-35)50(46,47)43(34-20-18-30(2)19-21-34)29-39(44)42(28-32-14-11-17-36(26-32)48-3)38(27-31-12-7-5-8-13-31)40(45)41-33-15-9-6-10-16-33/h5,7-8,11-14,17-26,33,38H,4,6,9-10,15-16,27-29H2,1-3H3,(H,41,45). The van der Waals surface area contributed by atoms with Crippen LogP contribution in [0, 0.1) is 6.92 Å². The van der Waals surface area contributed by atoms with Gasteiger partial charge in [-0.2, -0.15) is 0 Å². The van der Waals surface area contributed by atoms with Gasteiger partial charge in [0.05, 0.1) is 24.3 Å². The van der Waals surface area contributed by atoms with Crippen molar-refractivity contribution in [3.05, 3.63) is 120 Å². The molecule has 264 valence electrons. The fourth-order valence-electron chi connectivity index (χ4n) is 6.31. The van der Waals surface area contributed by atoms with Crippen LogP contribution in [0.15, 0.2) is 108 Å². The van der Waals surface area contributed by atoms with Crippen molar-refractivity contribution in [2.75, 3.05) is 24.6 Å². The van der Waals surface area contributed by atoms with E-state index in [1.54, 1.807) is 31.4 Å². The van der Waals surface area contributed by atoms with Gasteiger partial charge in [0.1, 0.15) is 24.1 Å². The minimum atomic E-state index is -4.23. The molecule has 1 N–H and O–H groups in total. The van der Waals surface area contributed by atoms with Crippen molar-refractivity contribution in [2.45, 2.75) is 75.9 Å². The number of nitrogens with one attached hydrogen (secondary N) is 1. The number of hydrogen-bond donors (Lipinski definition) is 1. The van der Waals surface area contributed by atoms with Crippen molar-refractivity contribution < 1.29 is 27.5 Å². The van der Waals surface area contributed by atoms with Gasteiger partial charge in [-0.1, -0.05) is 79.4 Å². The molecule has 9 nitrogen and oxygen atoms in total. The summed E-state index contributed by atoms with van der Waals surface area (Å²) in [6.07, 6.45) is 5.23. The molecule has 0 radical (unpaired) electrons. The summed E-state index contributed by atoms with van der Waals surface area (Å²) in [5, 5.41) is 3.24. The zero-order valence-electron chi connectivity index (χ0n) is 29.1. The summed E-state index contributed by atoms with van der Waals surface area (Å²) in [5.41, 5.74) is 2.92. The molecule has 1 aliphatic carbocycles. The average molecular weight is 698 g/mol. The lowest BCUT2D eigenvalue weighted by atomic mass is 9.94. The van der Waals surface area contributed by atoms with E-state index in [0.717, 1.165) is 53.1 Å². The number of hydrogen-bond acceptors (Lipinski definition) is 6. The Labute approximate surface area is 296 Å². The number of anilines is 1. The van der Waals surface area contributed by atoms with Crippen molar-refractivity contribution >= 4 is 27.5 Å². The molecule has 1 unspecified atom stereocenters. The quantitative estimate of drug-likeness (QED) is 0.149. The highest BCUT2D eigenvalue weighted by molar-refractivity contribution is 7.92. The Morgan fingerprint density at radius 1 is 0.840 bits per heavy atom. The van der Waals surface area contributed by atoms with E-state index < -0.39 is 28.5 Å². The normalized spacial score (nSPS) is 14.0. The number of nitrogens with zero attached hydrogens (tertiary/aromatic N) is 2. The van der Waals surface area contributed by atoms with Gasteiger partial charge in [0, 0.05) is 19.0 Å². The molecular formula is C40H47N3O6S. The summed E-state index contributed by atoms with van der Waals surface area (Å²) in [6, 6.07) is 29.2. The highest BCUT2D eigenvalue weighted by Crippen LogP contribution is 2.27. The van der Waals surface area contributed by atoms with E-state index in [-0.39, 0.29) is 29.8 Å². The van der Waals surface area contributed by atoms with E-state index in [1.807, 2.05) is 80.6 Å². The van der Waals surface area contributed by atoms with E-state index in [1.165, 1.54) is 17.0 Å². The van der Waals surface area contributed by atoms with E-state index >= 15 is 0 Å². The first kappa shape index (κ1) is 36.5. The topological polar surface area (TPSA) is 105 Å². The SMILES string of the molecule is CCOc1ccc(S(=O)(=O)N(CC(=O)N(Cc2cccc(OC)c2)C(Cc2ccccc2)C(=O)NC2CCCCC2)c2ccc(C)cc2)cc1. The van der Waals surface area contributed by atoms with Crippen LogP contribution >= 0.6 is 0 Å². The predicted molar refractivity (Wildman–Crippen MR) is 196 cm³/mol. The summed E-state index contributed by atoms with van der Waals surface area (Å²) in [4.78, 5) is 30.6. The molecule has 10 heteroatoms. The number of rotatable bonds is 15. The van der Waals surface area contributed by atoms with Gasteiger partial charge < -0.3 is 19.7 Å². The summed E-state index contributed by atoms with van der Waals surface area (Å²) in [6.45, 7) is 3.75. The van der Waals surface area contributed by atoms with Crippen LogP contribution in [0.4, 0.5) is 5.69 Å². The maximum atomic E-state index is 14.8. The third-order valence-electron chi connectivity index (χ3n) is 9.03. The molecule has 50 heavy (non-hydrogen) atoms. The van der Waals surface area contributed by atoms with Gasteiger partial charge in [-0.15, -0.1) is 0 Å². The third kappa shape index (κ3) is 9.44. The van der Waals surface area contributed by atoms with E-state index in [9.17, 15) is 18.0 Å². The van der Waals surface area contributed by atoms with Crippen molar-refractivity contribution in [3.8, 4) is 11.5 Å². The largest absolute Gasteiger partial charge is 0.497 e. The summed E-state index contributed by atoms with van der Waals surface area (Å²) in [5.74, 6) is 0.387. The first-order chi connectivity index (χ1) is 24.2. The Bertz CT molecular complexity index is 1810. The van der Waals surface area contributed by atoms with Crippen LogP contribution in [0.3, 0.4) is 0 Å². The zero-order chi connectivity index (χ0) is 35.5. The molecular weight excluding hydrogens is 651 g/mol. The Kier molecular flexibility index (Phi) is 12.5. The van der Waals surface area contributed by atoms with Crippen LogP contribution in [0.1, 0.15) is 55.7 Å². The van der Waals surface area contributed by atoms with Gasteiger partial charge in [-0.25, -0.2) is 8.42 Å². The summed E-state index contributed by atoms with van der Waals surface area (Å²) < 4.78 is 40.9. The van der Waals surface area contributed by atoms with Crippen LogP contribution < -0.4 is 19.1 Å². The molecule has 5 rings (SSSR count). The molecule has 0 bridgehead atoms. The number of methoxy groups -OCH3 is 1. The molecule has 4 aromatic carbocycles. The zero-order valence-corrected chi connectivity index (χ0v) is 29.9. The Hall–Kier alpha value is -4.83. The van der Waals surface area contributed by atoms with Gasteiger partial charge in [-0.3, -0.25) is 13.9 Å². The van der Waals surface area contributed by atoms with Crippen LogP contribution in [0.2, 0.25) is 0 Å². The predicted octanol–water partition coefficient (Wildman–Crippen LogP) is 6.69.